The van der Waals surface area contributed by atoms with Crippen LogP contribution >= 0.6 is 0 Å². The molecule has 1 aliphatic rings. The normalized spacial score (nSPS) is 14.3. The fourth-order valence-corrected chi connectivity index (χ4v) is 3.51. The van der Waals surface area contributed by atoms with Gasteiger partial charge in [0.15, 0.2) is 6.61 Å². The maximum atomic E-state index is 12.4. The van der Waals surface area contributed by atoms with E-state index in [1.54, 1.807) is 17.0 Å². The van der Waals surface area contributed by atoms with Gasteiger partial charge in [0.25, 0.3) is 5.91 Å². The molecule has 152 valence electrons. The van der Waals surface area contributed by atoms with Crippen molar-refractivity contribution >= 4 is 17.8 Å². The van der Waals surface area contributed by atoms with E-state index in [1.165, 1.54) is 24.6 Å². The maximum absolute atomic E-state index is 12.4. The molecule has 0 radical (unpaired) electrons. The first-order valence-corrected chi connectivity index (χ1v) is 9.79. The Hall–Kier alpha value is -3.15. The first-order valence-electron chi connectivity index (χ1n) is 9.79. The van der Waals surface area contributed by atoms with E-state index in [0.717, 1.165) is 19.3 Å². The minimum absolute atomic E-state index is 0.122. The summed E-state index contributed by atoms with van der Waals surface area (Å²) in [5, 5.41) is 0. The van der Waals surface area contributed by atoms with Gasteiger partial charge in [-0.25, -0.2) is 4.79 Å². The topological polar surface area (TPSA) is 72.9 Å². The first-order chi connectivity index (χ1) is 14.0. The molecule has 1 fully saturated rings. The van der Waals surface area contributed by atoms with E-state index in [4.69, 9.17) is 9.47 Å². The number of benzene rings is 2. The van der Waals surface area contributed by atoms with Gasteiger partial charge < -0.3 is 14.4 Å². The Balaban J connectivity index is 1.47. The predicted octanol–water partition coefficient (Wildman–Crippen LogP) is 3.25. The number of nitrogens with zero attached hydrogens (tertiary/aromatic N) is 1. The Morgan fingerprint density at radius 3 is 2.31 bits per heavy atom. The van der Waals surface area contributed by atoms with Crippen LogP contribution in [-0.2, 0) is 20.7 Å². The molecular formula is C23H25NO5. The predicted molar refractivity (Wildman–Crippen MR) is 107 cm³/mol. The Kier molecular flexibility index (Phi) is 7.00. The Morgan fingerprint density at radius 2 is 1.62 bits per heavy atom. The molecule has 1 aliphatic heterocycles. The molecule has 2 aromatic rings. The number of piperidine rings is 1. The number of esters is 2. The van der Waals surface area contributed by atoms with Crippen LogP contribution < -0.4 is 4.74 Å². The van der Waals surface area contributed by atoms with Crippen molar-refractivity contribution < 1.29 is 23.9 Å². The van der Waals surface area contributed by atoms with Gasteiger partial charge in [-0.15, -0.1) is 0 Å². The lowest BCUT2D eigenvalue weighted by Crippen LogP contribution is -2.41. The SMILES string of the molecule is CC(=O)Oc1ccccc1C(=O)OCC(=O)N1CCC(Cc2ccccc2)CC1. The zero-order chi connectivity index (χ0) is 20.6. The molecule has 0 aliphatic carbocycles. The van der Waals surface area contributed by atoms with Crippen LogP contribution in [0.15, 0.2) is 54.6 Å². The zero-order valence-electron chi connectivity index (χ0n) is 16.5. The number of likely N-dealkylation sites (tertiary alicyclic amines) is 1. The lowest BCUT2D eigenvalue weighted by Gasteiger charge is -2.32. The highest BCUT2D eigenvalue weighted by molar-refractivity contribution is 5.94. The molecule has 2 aromatic carbocycles. The largest absolute Gasteiger partial charge is 0.452 e. The molecule has 0 aromatic heterocycles. The molecule has 0 N–H and O–H groups in total. The van der Waals surface area contributed by atoms with E-state index in [9.17, 15) is 14.4 Å². The molecular weight excluding hydrogens is 370 g/mol. The summed E-state index contributed by atoms with van der Waals surface area (Å²) >= 11 is 0. The van der Waals surface area contributed by atoms with Crippen LogP contribution in [0, 0.1) is 5.92 Å². The molecule has 6 heteroatoms. The van der Waals surface area contributed by atoms with Crippen molar-refractivity contribution in [3.63, 3.8) is 0 Å². The second-order valence-corrected chi connectivity index (χ2v) is 7.18. The number of hydrogen-bond donors (Lipinski definition) is 0. The highest BCUT2D eigenvalue weighted by Crippen LogP contribution is 2.22. The van der Waals surface area contributed by atoms with E-state index in [-0.39, 0.29) is 23.8 Å². The Bertz CT molecular complexity index is 857. The third-order valence-electron chi connectivity index (χ3n) is 5.02. The van der Waals surface area contributed by atoms with Crippen LogP contribution in [0.25, 0.3) is 0 Å². The first kappa shape index (κ1) is 20.6. The number of carbonyl (C=O) groups is 3. The molecule has 6 nitrogen and oxygen atoms in total. The molecule has 1 amide bonds. The maximum Gasteiger partial charge on any atom is 0.342 e. The number of rotatable bonds is 6. The second kappa shape index (κ2) is 9.87. The molecule has 0 saturated carbocycles. The van der Waals surface area contributed by atoms with E-state index in [1.807, 2.05) is 18.2 Å². The summed E-state index contributed by atoms with van der Waals surface area (Å²) in [6, 6.07) is 16.7. The average Bonchev–Trinajstić information content (AvgIpc) is 2.73. The highest BCUT2D eigenvalue weighted by atomic mass is 16.5. The zero-order valence-corrected chi connectivity index (χ0v) is 16.5. The van der Waals surface area contributed by atoms with Crippen molar-refractivity contribution in [3.8, 4) is 5.75 Å². The molecule has 0 spiro atoms. The van der Waals surface area contributed by atoms with Gasteiger partial charge in [-0.2, -0.15) is 0 Å². The summed E-state index contributed by atoms with van der Waals surface area (Å²) in [7, 11) is 0. The average molecular weight is 395 g/mol. The van der Waals surface area contributed by atoms with Crippen LogP contribution in [0.5, 0.6) is 5.75 Å². The summed E-state index contributed by atoms with van der Waals surface area (Å²) in [5.41, 5.74) is 1.44. The van der Waals surface area contributed by atoms with Crippen LogP contribution in [-0.4, -0.2) is 42.4 Å². The monoisotopic (exact) mass is 395 g/mol. The van der Waals surface area contributed by atoms with Crippen molar-refractivity contribution in [3.05, 3.63) is 65.7 Å². The smallest absolute Gasteiger partial charge is 0.342 e. The van der Waals surface area contributed by atoms with E-state index >= 15 is 0 Å². The number of carbonyl (C=O) groups excluding carboxylic acids is 3. The number of amides is 1. The molecule has 0 unspecified atom stereocenters. The number of para-hydroxylation sites is 1. The van der Waals surface area contributed by atoms with Crippen LogP contribution in [0.3, 0.4) is 0 Å². The summed E-state index contributed by atoms with van der Waals surface area (Å²) < 4.78 is 10.2. The van der Waals surface area contributed by atoms with Gasteiger partial charge in [-0.1, -0.05) is 42.5 Å². The lowest BCUT2D eigenvalue weighted by atomic mass is 9.90. The van der Waals surface area contributed by atoms with Gasteiger partial charge >= 0.3 is 11.9 Å². The third kappa shape index (κ3) is 5.91. The molecule has 3 rings (SSSR count). The summed E-state index contributed by atoms with van der Waals surface area (Å²) in [6.07, 6.45) is 2.89. The van der Waals surface area contributed by atoms with Crippen molar-refractivity contribution in [1.29, 1.82) is 0 Å². The van der Waals surface area contributed by atoms with E-state index < -0.39 is 11.9 Å². The van der Waals surface area contributed by atoms with Crippen molar-refractivity contribution in [1.82, 2.24) is 4.90 Å². The molecule has 29 heavy (non-hydrogen) atoms. The summed E-state index contributed by atoms with van der Waals surface area (Å²) in [4.78, 5) is 37.6. The van der Waals surface area contributed by atoms with Crippen LogP contribution in [0.2, 0.25) is 0 Å². The fraction of sp³-hybridized carbons (Fsp3) is 0.348. The Morgan fingerprint density at radius 1 is 0.966 bits per heavy atom. The number of ether oxygens (including phenoxy) is 2. The van der Waals surface area contributed by atoms with Crippen molar-refractivity contribution in [2.24, 2.45) is 5.92 Å². The second-order valence-electron chi connectivity index (χ2n) is 7.18. The van der Waals surface area contributed by atoms with Crippen LogP contribution in [0.1, 0.15) is 35.7 Å². The van der Waals surface area contributed by atoms with E-state index in [2.05, 4.69) is 12.1 Å². The van der Waals surface area contributed by atoms with E-state index in [0.29, 0.717) is 19.0 Å². The molecule has 1 heterocycles. The van der Waals surface area contributed by atoms with Gasteiger partial charge in [0.05, 0.1) is 0 Å². The van der Waals surface area contributed by atoms with Crippen LogP contribution in [0.4, 0.5) is 0 Å². The van der Waals surface area contributed by atoms with Gasteiger partial charge in [0, 0.05) is 20.0 Å². The van der Waals surface area contributed by atoms with Crippen molar-refractivity contribution in [2.45, 2.75) is 26.2 Å². The highest BCUT2D eigenvalue weighted by Gasteiger charge is 2.24. The quantitative estimate of drug-likeness (QED) is 0.555. The van der Waals surface area contributed by atoms with Gasteiger partial charge in [-0.3, -0.25) is 9.59 Å². The summed E-state index contributed by atoms with van der Waals surface area (Å²) in [5.74, 6) is -0.742. The molecule has 0 bridgehead atoms. The Labute approximate surface area is 170 Å². The van der Waals surface area contributed by atoms with Gasteiger partial charge in [0.1, 0.15) is 11.3 Å². The molecule has 0 atom stereocenters. The molecule has 1 saturated heterocycles. The van der Waals surface area contributed by atoms with Gasteiger partial charge in [0.2, 0.25) is 0 Å². The summed E-state index contributed by atoms with van der Waals surface area (Å²) in [6.45, 7) is 2.26. The van der Waals surface area contributed by atoms with Crippen molar-refractivity contribution in [2.75, 3.05) is 19.7 Å². The minimum Gasteiger partial charge on any atom is -0.452 e. The number of hydrogen-bond acceptors (Lipinski definition) is 5. The van der Waals surface area contributed by atoms with Gasteiger partial charge in [-0.05, 0) is 42.9 Å². The fourth-order valence-electron chi connectivity index (χ4n) is 3.51. The lowest BCUT2D eigenvalue weighted by molar-refractivity contribution is -0.136. The third-order valence-corrected chi connectivity index (χ3v) is 5.02. The standard InChI is InChI=1S/C23H25NO5/c1-17(25)29-21-10-6-5-9-20(21)23(27)28-16-22(26)24-13-11-19(12-14-24)15-18-7-3-2-4-8-18/h2-10,19H,11-16H2,1H3. The minimum atomic E-state index is -0.686.